The fraction of sp³-hybridized carbons (Fsp3) is 0.205. The van der Waals surface area contributed by atoms with Crippen LogP contribution in [-0.2, 0) is 38.8 Å². The van der Waals surface area contributed by atoms with E-state index in [0.29, 0.717) is 85.8 Å². The maximum Gasteiger partial charge on any atom is 0.328 e. The quantitative estimate of drug-likeness (QED) is 0.0180. The van der Waals surface area contributed by atoms with Gasteiger partial charge in [-0.2, -0.15) is 0 Å². The molecule has 0 unspecified atom stereocenters. The standard InChI is InChI=1S/C20H16FN3O2.C19H22FN3O3S.C19H19N3O3.C18H18FN3O2.C18H20FN3O.C18H19FN2O2/c1-24(17-5-3-2-4-6-17)20-19(14-7-9-15(21)10-8-14)22-13-16(23-20)11-12-18(25)26;1-13(2)23(3)19-17(14-5-7-15(20)8-6-14)11-9-16(21-19)10-12-18(24)22-27(4,25)26;1-12(2)22(3)19-18(20-11-14(21-19)8-9-17(23)24)16-10-13-6-4-5-7-15(13)25-16;19-14-6-4-13(5-7-14)17-18(22-10-2-1-3-11-22)21-15(12-20-17)8-9-16(23)24;1-12(2)22(3)18-16(13-4-6-14(19)7-5-13)10-8-15(21-18)9-11-17(20)23;1-12(2)21(3)18-16(13-4-6-14(19)7-5-13)10-8-15(20-18)9-11-17(22)23/h2-13H,1H3,(H,25,26);5-13H,1-4H3,(H,22,24);4-12H,1-3H3,(H,23,24);4-9,12H,1-3,10-11H2,(H,23,24);4-12H,1-3H3,(H2,20,23);4-12H,1-3H3,(H,22,23)/b12-11+;12-10+;2*9-8+;2*11-9+. The van der Waals surface area contributed by atoms with Crippen molar-refractivity contribution in [2.24, 2.45) is 5.73 Å². The molecule has 148 heavy (non-hydrogen) atoms. The van der Waals surface area contributed by atoms with Crippen molar-refractivity contribution in [3.05, 3.63) is 337 Å². The monoisotopic (exact) mass is 2030 g/mol. The number of carbonyl (C=O) groups is 6. The minimum Gasteiger partial charge on any atom is -0.478 e. The van der Waals surface area contributed by atoms with Gasteiger partial charge < -0.3 is 60.0 Å². The third-order valence-corrected chi connectivity index (χ3v) is 23.2. The number of benzene rings is 7. The summed E-state index contributed by atoms with van der Waals surface area (Å²) in [5, 5.41) is 36.1. The fourth-order valence-electron chi connectivity index (χ4n) is 14.1. The number of anilines is 7. The van der Waals surface area contributed by atoms with Crippen molar-refractivity contribution in [1.82, 2.24) is 49.6 Å². The Morgan fingerprint density at radius 3 is 1.08 bits per heavy atom. The molecular formula is C112H114F5N17O13S. The van der Waals surface area contributed by atoms with E-state index < -0.39 is 45.7 Å². The number of nitrogens with two attached hydrogens (primary N) is 1. The molecule has 14 aromatic rings. The van der Waals surface area contributed by atoms with Crippen LogP contribution >= 0.6 is 0 Å². The second-order valence-electron chi connectivity index (χ2n) is 34.7. The Kier molecular flexibility index (Phi) is 40.8. The number of nitrogens with one attached hydrogen (secondary N) is 1. The zero-order valence-electron chi connectivity index (χ0n) is 83.8. The molecule has 15 rings (SSSR count). The lowest BCUT2D eigenvalue weighted by Crippen LogP contribution is -2.31. The number of sulfonamides is 1. The Morgan fingerprint density at radius 1 is 0.378 bits per heavy atom. The SMILES string of the molecule is CC(C)N(C)c1nc(/C=C/C(=O)NS(C)(=O)=O)ccc1-c1ccc(F)cc1.CC(C)N(C)c1nc(/C=C/C(=O)O)ccc1-c1ccc(F)cc1.CC(C)N(C)c1nc(/C=C/C(=O)O)cnc1-c1cc2ccccc2o1.CC(C)N(C)c1nc(/C=C/C(N)=O)ccc1-c1ccc(F)cc1.CN(c1ccccc1)c1nc(/C=C/C(=O)O)cnc1-c1ccc(F)cc1.O=C(O)/C=C/c1cnc(-c2ccc(F)cc2)c(N2CCCCC2)n1. The molecule has 1 aliphatic heterocycles. The molecule has 766 valence electrons. The fourth-order valence-corrected chi connectivity index (χ4v) is 14.5. The third kappa shape index (κ3) is 33.8. The van der Waals surface area contributed by atoms with Gasteiger partial charge in [-0.05, 0) is 273 Å². The molecule has 7 N–H and O–H groups in total. The highest BCUT2D eigenvalue weighted by Crippen LogP contribution is 2.39. The van der Waals surface area contributed by atoms with E-state index in [1.54, 1.807) is 91.1 Å². The van der Waals surface area contributed by atoms with Crippen LogP contribution in [0.5, 0.6) is 0 Å². The summed E-state index contributed by atoms with van der Waals surface area (Å²) in [5.41, 5.74) is 18.4. The highest BCUT2D eigenvalue weighted by atomic mass is 32.2. The van der Waals surface area contributed by atoms with Crippen LogP contribution in [0.3, 0.4) is 0 Å². The van der Waals surface area contributed by atoms with Gasteiger partial charge in [0.15, 0.2) is 23.2 Å². The molecule has 0 spiro atoms. The van der Waals surface area contributed by atoms with Gasteiger partial charge in [0, 0.05) is 148 Å². The van der Waals surface area contributed by atoms with E-state index in [2.05, 4.69) is 63.6 Å². The smallest absolute Gasteiger partial charge is 0.328 e. The second kappa shape index (κ2) is 53.7. The van der Waals surface area contributed by atoms with Crippen molar-refractivity contribution in [2.75, 3.05) is 84.0 Å². The van der Waals surface area contributed by atoms with Crippen LogP contribution < -0.4 is 39.9 Å². The molecule has 36 heteroatoms. The summed E-state index contributed by atoms with van der Waals surface area (Å²) in [7, 11) is 5.91. The Hall–Kier alpha value is -17.6. The van der Waals surface area contributed by atoms with Crippen LogP contribution in [0.4, 0.5) is 62.5 Å². The minimum atomic E-state index is -3.62. The number of para-hydroxylation sites is 2. The van der Waals surface area contributed by atoms with E-state index in [-0.39, 0.29) is 53.3 Å². The van der Waals surface area contributed by atoms with Crippen LogP contribution in [0.15, 0.2) is 278 Å². The van der Waals surface area contributed by atoms with Crippen molar-refractivity contribution in [3.63, 3.8) is 0 Å². The van der Waals surface area contributed by atoms with Gasteiger partial charge in [0.25, 0.3) is 5.91 Å². The average molecular weight is 2030 g/mol. The molecule has 8 heterocycles. The largest absolute Gasteiger partial charge is 0.478 e. The van der Waals surface area contributed by atoms with Crippen molar-refractivity contribution in [2.45, 2.75) is 98.8 Å². The molecule has 0 atom stereocenters. The van der Waals surface area contributed by atoms with Crippen LogP contribution in [0, 0.1) is 29.1 Å². The second-order valence-corrected chi connectivity index (χ2v) is 36.4. The number of rotatable bonds is 30. The van der Waals surface area contributed by atoms with Crippen LogP contribution in [-0.4, -0.2) is 188 Å². The zero-order chi connectivity index (χ0) is 108. The number of aromatic nitrogens is 9. The summed E-state index contributed by atoms with van der Waals surface area (Å²) in [5.74, 6) is -2.25. The summed E-state index contributed by atoms with van der Waals surface area (Å²) in [6.45, 7) is 18.1. The molecule has 0 bridgehead atoms. The van der Waals surface area contributed by atoms with Gasteiger partial charge >= 0.3 is 23.9 Å². The maximum absolute atomic E-state index is 13.3. The maximum atomic E-state index is 13.3. The van der Waals surface area contributed by atoms with Crippen LogP contribution in [0.1, 0.15) is 109 Å². The zero-order valence-corrected chi connectivity index (χ0v) is 84.7. The number of aliphatic carboxylic acids is 4. The van der Waals surface area contributed by atoms with Gasteiger partial charge in [0.05, 0.1) is 59.0 Å². The van der Waals surface area contributed by atoms with Gasteiger partial charge in [0.2, 0.25) is 15.9 Å². The molecule has 1 saturated heterocycles. The van der Waals surface area contributed by atoms with E-state index in [9.17, 15) is 59.1 Å². The summed E-state index contributed by atoms with van der Waals surface area (Å²) in [4.78, 5) is 118. The Morgan fingerprint density at radius 2 is 0.703 bits per heavy atom. The number of halogens is 5. The number of carboxylic acid groups (broad SMARTS) is 4. The van der Waals surface area contributed by atoms with Crippen LogP contribution in [0.2, 0.25) is 0 Å². The molecule has 0 aliphatic carbocycles. The Balaban J connectivity index is 0.000000182. The predicted molar refractivity (Wildman–Crippen MR) is 573 cm³/mol. The van der Waals surface area contributed by atoms with Crippen molar-refractivity contribution in [3.8, 4) is 67.3 Å². The lowest BCUT2D eigenvalue weighted by molar-refractivity contribution is -0.132. The molecule has 0 radical (unpaired) electrons. The first kappa shape index (κ1) is 112. The third-order valence-electron chi connectivity index (χ3n) is 22.6. The molecule has 0 saturated carbocycles. The molecule has 1 fully saturated rings. The van der Waals surface area contributed by atoms with Crippen LogP contribution in [0.25, 0.3) is 115 Å². The van der Waals surface area contributed by atoms with Gasteiger partial charge in [-0.3, -0.25) is 19.6 Å². The first-order valence-corrected chi connectivity index (χ1v) is 48.5. The topological polar surface area (TPSA) is 404 Å². The molecule has 1 aliphatic rings. The lowest BCUT2D eigenvalue weighted by Gasteiger charge is -2.29. The number of carbonyl (C=O) groups excluding carboxylic acids is 2. The number of fused-ring (bicyclic) bond motifs is 1. The van der Waals surface area contributed by atoms with Crippen molar-refractivity contribution in [1.29, 1.82) is 0 Å². The van der Waals surface area contributed by atoms with E-state index >= 15 is 0 Å². The Labute approximate surface area is 855 Å². The molecule has 7 aromatic heterocycles. The van der Waals surface area contributed by atoms with E-state index in [1.807, 2.05) is 185 Å². The first-order chi connectivity index (χ1) is 70.4. The number of nitrogens with zero attached hydrogens (tertiary/aromatic N) is 15. The molecule has 2 amide bonds. The summed E-state index contributed by atoms with van der Waals surface area (Å²) >= 11 is 0. The first-order valence-electron chi connectivity index (χ1n) is 46.7. The number of hydrogen-bond acceptors (Lipinski definition) is 24. The van der Waals surface area contributed by atoms with Crippen molar-refractivity contribution >= 4 is 134 Å². The molecule has 7 aromatic carbocycles. The van der Waals surface area contributed by atoms with E-state index in [0.717, 1.165) is 130 Å². The highest BCUT2D eigenvalue weighted by molar-refractivity contribution is 7.89. The number of pyridine rings is 3. The number of piperidine rings is 1. The number of amides is 2. The molecular weight excluding hydrogens is 1920 g/mol. The Bertz CT molecular complexity index is 7100. The lowest BCUT2D eigenvalue weighted by atomic mass is 10.0. The van der Waals surface area contributed by atoms with Gasteiger partial charge in [-0.25, -0.2) is 89.2 Å². The number of primary amides is 1. The number of carboxylic acids is 4. The normalized spacial score (nSPS) is 11.9. The van der Waals surface area contributed by atoms with Gasteiger partial charge in [-0.15, -0.1) is 0 Å². The van der Waals surface area contributed by atoms with E-state index in [4.69, 9.17) is 30.6 Å². The van der Waals surface area contributed by atoms with Crippen molar-refractivity contribution < 1.29 is 84.0 Å². The summed E-state index contributed by atoms with van der Waals surface area (Å²) < 4.78 is 95.9. The summed E-state index contributed by atoms with van der Waals surface area (Å²) in [6, 6.07) is 61.7. The number of hydrogen-bond donors (Lipinski definition) is 6. The van der Waals surface area contributed by atoms with Gasteiger partial charge in [0.1, 0.15) is 69.2 Å². The van der Waals surface area contributed by atoms with E-state index in [1.165, 1.54) is 116 Å². The number of furan rings is 1. The minimum absolute atomic E-state index is 0.157. The highest BCUT2D eigenvalue weighted by Gasteiger charge is 2.25. The molecule has 30 nitrogen and oxygen atoms in total. The predicted octanol–water partition coefficient (Wildman–Crippen LogP) is 21.2. The average Bonchev–Trinajstić information content (AvgIpc) is 1.56. The summed E-state index contributed by atoms with van der Waals surface area (Å²) in [6.07, 6.45) is 24.1. The van der Waals surface area contributed by atoms with Gasteiger partial charge in [-0.1, -0.05) is 72.8 Å².